The van der Waals surface area contributed by atoms with Gasteiger partial charge in [-0.2, -0.15) is 0 Å². The number of carbonyl (C=O) groups excluding carboxylic acids is 1. The minimum atomic E-state index is -1.56. The molecule has 5 nitrogen and oxygen atoms in total. The lowest BCUT2D eigenvalue weighted by atomic mass is 10.2. The smallest absolute Gasteiger partial charge is 0.417 e. The van der Waals surface area contributed by atoms with Crippen LogP contribution in [-0.2, 0) is 14.3 Å². The summed E-state index contributed by atoms with van der Waals surface area (Å²) in [7, 11) is 0. The van der Waals surface area contributed by atoms with Gasteiger partial charge >= 0.3 is 11.9 Å². The van der Waals surface area contributed by atoms with Gasteiger partial charge in [0.05, 0.1) is 6.61 Å². The molecule has 0 aliphatic heterocycles. The second-order valence-electron chi connectivity index (χ2n) is 2.58. The normalized spacial score (nSPS) is 9.62. The highest BCUT2D eigenvalue weighted by molar-refractivity contribution is 6.28. The van der Waals surface area contributed by atoms with Gasteiger partial charge in [-0.25, -0.2) is 9.59 Å². The molecule has 0 spiro atoms. The Morgan fingerprint density at radius 2 is 1.69 bits per heavy atom. The van der Waals surface area contributed by atoms with E-state index in [0.717, 1.165) is 19.3 Å². The monoisotopic (exact) mass is 190 g/mol. The molecule has 0 saturated carbocycles. The molecule has 0 radical (unpaired) electrons. The van der Waals surface area contributed by atoms with Crippen molar-refractivity contribution >= 4 is 11.9 Å². The average molecular weight is 190 g/mol. The average Bonchev–Trinajstić information content (AvgIpc) is 2.10. The van der Waals surface area contributed by atoms with Gasteiger partial charge < -0.3 is 14.9 Å². The van der Waals surface area contributed by atoms with Crippen LogP contribution < -0.4 is 0 Å². The fraction of sp³-hybridized carbons (Fsp3) is 0.750. The van der Waals surface area contributed by atoms with Gasteiger partial charge in [-0.1, -0.05) is 6.42 Å². The minimum Gasteiger partial charge on any atom is -0.473 e. The Morgan fingerprint density at radius 3 is 2.23 bits per heavy atom. The summed E-state index contributed by atoms with van der Waals surface area (Å²) < 4.78 is 4.38. The Morgan fingerprint density at radius 1 is 1.08 bits per heavy atom. The van der Waals surface area contributed by atoms with Crippen molar-refractivity contribution in [2.45, 2.75) is 25.7 Å². The van der Waals surface area contributed by atoms with Crippen LogP contribution in [0, 0.1) is 0 Å². The van der Waals surface area contributed by atoms with E-state index >= 15 is 0 Å². The lowest BCUT2D eigenvalue weighted by Gasteiger charge is -2.00. The van der Waals surface area contributed by atoms with Crippen LogP contribution in [0.4, 0.5) is 0 Å². The third-order valence-corrected chi connectivity index (χ3v) is 1.46. The number of carboxylic acids is 1. The highest BCUT2D eigenvalue weighted by Gasteiger charge is 2.11. The predicted molar refractivity (Wildman–Crippen MR) is 44.1 cm³/mol. The van der Waals surface area contributed by atoms with E-state index in [-0.39, 0.29) is 13.2 Å². The quantitative estimate of drug-likeness (QED) is 0.354. The number of carbonyl (C=O) groups is 2. The van der Waals surface area contributed by atoms with Crippen LogP contribution in [0.3, 0.4) is 0 Å². The minimum absolute atomic E-state index is 0.135. The first-order valence-corrected chi connectivity index (χ1v) is 4.19. The highest BCUT2D eigenvalue weighted by atomic mass is 16.6. The molecular weight excluding hydrogens is 176 g/mol. The molecule has 0 amide bonds. The largest absolute Gasteiger partial charge is 0.473 e. The summed E-state index contributed by atoms with van der Waals surface area (Å²) in [4.78, 5) is 20.3. The molecule has 0 aromatic heterocycles. The molecule has 0 unspecified atom stereocenters. The Kier molecular flexibility index (Phi) is 6.91. The van der Waals surface area contributed by atoms with Crippen LogP contribution in [-0.4, -0.2) is 35.4 Å². The molecule has 0 bridgehead atoms. The number of esters is 1. The van der Waals surface area contributed by atoms with Crippen molar-refractivity contribution in [3.63, 3.8) is 0 Å². The first-order chi connectivity index (χ1) is 6.18. The molecule has 0 fully saturated rings. The Balaban J connectivity index is 3.16. The molecular formula is C8H14O5. The van der Waals surface area contributed by atoms with E-state index in [1.807, 2.05) is 0 Å². The van der Waals surface area contributed by atoms with Crippen LogP contribution in [0.25, 0.3) is 0 Å². The predicted octanol–water partition coefficient (Wildman–Crippen LogP) is 0.167. The number of carboxylic acid groups (broad SMARTS) is 1. The molecule has 0 heterocycles. The van der Waals surface area contributed by atoms with Gasteiger partial charge in [-0.15, -0.1) is 0 Å². The zero-order valence-corrected chi connectivity index (χ0v) is 7.36. The maximum absolute atomic E-state index is 10.4. The first-order valence-electron chi connectivity index (χ1n) is 4.19. The number of unbranched alkanes of at least 4 members (excludes halogenated alkanes) is 3. The number of ether oxygens (including phenoxy) is 1. The lowest BCUT2D eigenvalue weighted by Crippen LogP contribution is -2.16. The molecule has 5 heteroatoms. The van der Waals surface area contributed by atoms with E-state index < -0.39 is 11.9 Å². The summed E-state index contributed by atoms with van der Waals surface area (Å²) in [5.41, 5.74) is 0. The zero-order chi connectivity index (χ0) is 10.1. The SMILES string of the molecule is O=C(O)C(=O)OCCCCCCO. The summed E-state index contributed by atoms with van der Waals surface area (Å²) in [6.07, 6.45) is 3.06. The fourth-order valence-corrected chi connectivity index (χ4v) is 0.794. The zero-order valence-electron chi connectivity index (χ0n) is 7.36. The Hall–Kier alpha value is -1.10. The number of hydrogen-bond donors (Lipinski definition) is 2. The highest BCUT2D eigenvalue weighted by Crippen LogP contribution is 1.99. The van der Waals surface area contributed by atoms with Gasteiger partial charge in [0.25, 0.3) is 0 Å². The third-order valence-electron chi connectivity index (χ3n) is 1.46. The molecule has 2 N–H and O–H groups in total. The maximum Gasteiger partial charge on any atom is 0.417 e. The number of rotatable bonds is 6. The second-order valence-corrected chi connectivity index (χ2v) is 2.58. The van der Waals surface area contributed by atoms with Gasteiger partial charge in [0.2, 0.25) is 0 Å². The molecule has 13 heavy (non-hydrogen) atoms. The molecule has 0 aliphatic carbocycles. The molecule has 0 aliphatic rings. The van der Waals surface area contributed by atoms with E-state index in [1.165, 1.54) is 0 Å². The summed E-state index contributed by atoms with van der Waals surface area (Å²) >= 11 is 0. The Labute approximate surface area is 76.3 Å². The molecule has 76 valence electrons. The van der Waals surface area contributed by atoms with E-state index in [4.69, 9.17) is 10.2 Å². The number of hydrogen-bond acceptors (Lipinski definition) is 4. The van der Waals surface area contributed by atoms with Crippen LogP contribution in [0.2, 0.25) is 0 Å². The van der Waals surface area contributed by atoms with Gasteiger partial charge in [-0.05, 0) is 19.3 Å². The standard InChI is InChI=1S/C8H14O5/c9-5-3-1-2-4-6-13-8(12)7(10)11/h9H,1-6H2,(H,10,11). The van der Waals surface area contributed by atoms with Gasteiger partial charge in [0, 0.05) is 6.61 Å². The summed E-state index contributed by atoms with van der Waals surface area (Å²) in [6, 6.07) is 0. The van der Waals surface area contributed by atoms with Crippen molar-refractivity contribution in [3.05, 3.63) is 0 Å². The van der Waals surface area contributed by atoms with Crippen molar-refractivity contribution < 1.29 is 24.5 Å². The van der Waals surface area contributed by atoms with Crippen LogP contribution >= 0.6 is 0 Å². The van der Waals surface area contributed by atoms with Gasteiger partial charge in [0.15, 0.2) is 0 Å². The summed E-state index contributed by atoms with van der Waals surface area (Å²) in [6.45, 7) is 0.297. The lowest BCUT2D eigenvalue weighted by molar-refractivity contribution is -0.163. The number of aliphatic carboxylic acids is 1. The van der Waals surface area contributed by atoms with Crippen LogP contribution in [0.5, 0.6) is 0 Å². The van der Waals surface area contributed by atoms with Crippen LogP contribution in [0.15, 0.2) is 0 Å². The van der Waals surface area contributed by atoms with Gasteiger partial charge in [0.1, 0.15) is 0 Å². The molecule has 0 aromatic carbocycles. The van der Waals surface area contributed by atoms with Crippen molar-refractivity contribution in [3.8, 4) is 0 Å². The fourth-order valence-electron chi connectivity index (χ4n) is 0.794. The van der Waals surface area contributed by atoms with Crippen molar-refractivity contribution in [2.75, 3.05) is 13.2 Å². The van der Waals surface area contributed by atoms with Crippen molar-refractivity contribution in [2.24, 2.45) is 0 Å². The number of aliphatic hydroxyl groups is 1. The van der Waals surface area contributed by atoms with E-state index in [1.54, 1.807) is 0 Å². The first kappa shape index (κ1) is 11.9. The van der Waals surface area contributed by atoms with Gasteiger partial charge in [-0.3, -0.25) is 0 Å². The molecule has 0 atom stereocenters. The number of aliphatic hydroxyl groups excluding tert-OH is 1. The molecule has 0 saturated heterocycles. The maximum atomic E-state index is 10.4. The summed E-state index contributed by atoms with van der Waals surface area (Å²) in [5, 5.41) is 16.5. The third kappa shape index (κ3) is 7.27. The molecule has 0 rings (SSSR count). The van der Waals surface area contributed by atoms with Crippen molar-refractivity contribution in [1.29, 1.82) is 0 Å². The topological polar surface area (TPSA) is 83.8 Å². The van der Waals surface area contributed by atoms with E-state index in [0.29, 0.717) is 6.42 Å². The summed E-state index contributed by atoms with van der Waals surface area (Å²) in [5.74, 6) is -2.77. The second kappa shape index (κ2) is 7.54. The molecule has 0 aromatic rings. The Bertz CT molecular complexity index is 166. The van der Waals surface area contributed by atoms with Crippen molar-refractivity contribution in [1.82, 2.24) is 0 Å². The van der Waals surface area contributed by atoms with E-state index in [9.17, 15) is 9.59 Å². The van der Waals surface area contributed by atoms with E-state index in [2.05, 4.69) is 4.74 Å². The van der Waals surface area contributed by atoms with Crippen LogP contribution in [0.1, 0.15) is 25.7 Å².